The van der Waals surface area contributed by atoms with E-state index in [1.807, 2.05) is 24.3 Å². The minimum absolute atomic E-state index is 0.824. The summed E-state index contributed by atoms with van der Waals surface area (Å²) in [7, 11) is 0. The van der Waals surface area contributed by atoms with Crippen LogP contribution in [0.3, 0.4) is 0 Å². The smallest absolute Gasteiger partial charge is 0.114 e. The summed E-state index contributed by atoms with van der Waals surface area (Å²) in [6.45, 7) is 0. The van der Waals surface area contributed by atoms with Gasteiger partial charge in [-0.3, -0.25) is 0 Å². The number of para-hydroxylation sites is 1. The van der Waals surface area contributed by atoms with Gasteiger partial charge in [0.1, 0.15) is 11.0 Å². The number of nitrogens with zero attached hydrogens (tertiary/aromatic N) is 3. The number of hydrogen-bond donors (Lipinski definition) is 0. The minimum atomic E-state index is 0.824. The summed E-state index contributed by atoms with van der Waals surface area (Å²) in [6, 6.07) is 9.95. The molecule has 0 saturated heterocycles. The van der Waals surface area contributed by atoms with Crippen LogP contribution >= 0.6 is 0 Å². The first-order valence-corrected chi connectivity index (χ1v) is 3.19. The molecule has 52 valence electrons. The van der Waals surface area contributed by atoms with E-state index in [2.05, 4.69) is 16.4 Å². The van der Waals surface area contributed by atoms with Crippen molar-refractivity contribution in [1.82, 2.24) is 15.0 Å². The van der Waals surface area contributed by atoms with Crippen LogP contribution in [0, 0.1) is 12.5 Å². The molecule has 1 aromatic heterocycles. The molecule has 3 nitrogen and oxygen atoms in total. The Balaban J connectivity index is 2.89. The SMILES string of the molecule is C#Cn1nnc2ccccc21. The molecule has 0 saturated carbocycles. The first-order valence-electron chi connectivity index (χ1n) is 3.19. The average molecular weight is 143 g/mol. The Morgan fingerprint density at radius 1 is 1.36 bits per heavy atom. The quantitative estimate of drug-likeness (QED) is 0.512. The molecule has 0 bridgehead atoms. The molecular weight excluding hydrogens is 138 g/mol. The summed E-state index contributed by atoms with van der Waals surface area (Å²) >= 11 is 0. The van der Waals surface area contributed by atoms with Gasteiger partial charge in [-0.2, -0.15) is 4.68 Å². The summed E-state index contributed by atoms with van der Waals surface area (Å²) in [4.78, 5) is 0. The van der Waals surface area contributed by atoms with E-state index in [1.165, 1.54) is 4.68 Å². The molecule has 2 rings (SSSR count). The minimum Gasteiger partial charge on any atom is -0.169 e. The van der Waals surface area contributed by atoms with Crippen molar-refractivity contribution in [2.45, 2.75) is 0 Å². The van der Waals surface area contributed by atoms with Crippen molar-refractivity contribution in [3.05, 3.63) is 24.3 Å². The fourth-order valence-corrected chi connectivity index (χ4v) is 0.964. The van der Waals surface area contributed by atoms with Crippen LogP contribution in [-0.2, 0) is 0 Å². The zero-order chi connectivity index (χ0) is 7.68. The molecule has 0 amide bonds. The molecule has 0 aliphatic rings. The summed E-state index contributed by atoms with van der Waals surface area (Å²) < 4.78 is 1.41. The first-order chi connectivity index (χ1) is 5.42. The van der Waals surface area contributed by atoms with Gasteiger partial charge in [0.2, 0.25) is 0 Å². The first kappa shape index (κ1) is 5.93. The Hall–Kier alpha value is -1.82. The lowest BCUT2D eigenvalue weighted by Crippen LogP contribution is -1.88. The summed E-state index contributed by atoms with van der Waals surface area (Å²) in [5.41, 5.74) is 1.69. The Bertz CT molecular complexity index is 422. The van der Waals surface area contributed by atoms with E-state index in [9.17, 15) is 0 Å². The maximum atomic E-state index is 5.17. The standard InChI is InChI=1S/C8H5N3/c1-2-11-8-6-4-3-5-7(8)9-10-11/h1,3-6H. The molecule has 0 aliphatic carbocycles. The Morgan fingerprint density at radius 2 is 2.18 bits per heavy atom. The van der Waals surface area contributed by atoms with E-state index in [-0.39, 0.29) is 0 Å². The maximum absolute atomic E-state index is 5.17. The van der Waals surface area contributed by atoms with E-state index in [0.29, 0.717) is 0 Å². The molecule has 1 aromatic carbocycles. The van der Waals surface area contributed by atoms with Gasteiger partial charge in [-0.25, -0.2) is 0 Å². The van der Waals surface area contributed by atoms with Crippen molar-refractivity contribution in [2.75, 3.05) is 0 Å². The zero-order valence-electron chi connectivity index (χ0n) is 5.73. The van der Waals surface area contributed by atoms with E-state index < -0.39 is 0 Å². The van der Waals surface area contributed by atoms with E-state index in [0.717, 1.165) is 11.0 Å². The van der Waals surface area contributed by atoms with Crippen molar-refractivity contribution in [1.29, 1.82) is 0 Å². The molecule has 2 aromatic rings. The molecule has 0 unspecified atom stereocenters. The van der Waals surface area contributed by atoms with Gasteiger partial charge in [0.05, 0.1) is 0 Å². The third-order valence-corrected chi connectivity index (χ3v) is 1.47. The maximum Gasteiger partial charge on any atom is 0.114 e. The third kappa shape index (κ3) is 0.767. The molecular formula is C8H5N3. The van der Waals surface area contributed by atoms with Gasteiger partial charge in [-0.05, 0) is 12.1 Å². The molecule has 0 radical (unpaired) electrons. The highest BCUT2D eigenvalue weighted by molar-refractivity contribution is 5.74. The summed E-state index contributed by atoms with van der Waals surface area (Å²) in [5.74, 6) is 0. The average Bonchev–Trinajstić information content (AvgIpc) is 2.47. The largest absolute Gasteiger partial charge is 0.169 e. The lowest BCUT2D eigenvalue weighted by Gasteiger charge is -1.86. The molecule has 0 spiro atoms. The molecule has 3 heteroatoms. The Kier molecular flexibility index (Phi) is 1.13. The Labute approximate surface area is 63.6 Å². The Morgan fingerprint density at radius 3 is 3.00 bits per heavy atom. The van der Waals surface area contributed by atoms with E-state index in [4.69, 9.17) is 6.42 Å². The van der Waals surface area contributed by atoms with Gasteiger partial charge in [-0.15, -0.1) is 5.10 Å². The summed E-state index contributed by atoms with van der Waals surface area (Å²) in [5, 5.41) is 7.60. The number of terminal acetylenes is 1. The highest BCUT2D eigenvalue weighted by Gasteiger charge is 1.98. The van der Waals surface area contributed by atoms with Crippen LogP contribution < -0.4 is 0 Å². The van der Waals surface area contributed by atoms with Crippen LogP contribution in [0.1, 0.15) is 0 Å². The van der Waals surface area contributed by atoms with Crippen molar-refractivity contribution in [2.24, 2.45) is 0 Å². The zero-order valence-corrected chi connectivity index (χ0v) is 5.73. The second-order valence-corrected chi connectivity index (χ2v) is 2.12. The van der Waals surface area contributed by atoms with Gasteiger partial charge in [0, 0.05) is 6.04 Å². The van der Waals surface area contributed by atoms with Gasteiger partial charge < -0.3 is 0 Å². The predicted octanol–water partition coefficient (Wildman–Crippen LogP) is 0.870. The highest BCUT2D eigenvalue weighted by Crippen LogP contribution is 2.07. The van der Waals surface area contributed by atoms with Gasteiger partial charge in [-0.1, -0.05) is 23.8 Å². The topological polar surface area (TPSA) is 30.7 Å². The molecule has 0 atom stereocenters. The molecule has 0 fully saturated rings. The monoisotopic (exact) mass is 143 g/mol. The van der Waals surface area contributed by atoms with Gasteiger partial charge >= 0.3 is 0 Å². The third-order valence-electron chi connectivity index (χ3n) is 1.47. The number of benzene rings is 1. The number of hydrogen-bond acceptors (Lipinski definition) is 2. The van der Waals surface area contributed by atoms with Crippen LogP contribution in [0.4, 0.5) is 0 Å². The lowest BCUT2D eigenvalue weighted by atomic mass is 10.3. The number of rotatable bonds is 0. The van der Waals surface area contributed by atoms with E-state index >= 15 is 0 Å². The van der Waals surface area contributed by atoms with Crippen LogP contribution in [0.5, 0.6) is 0 Å². The number of aromatic nitrogens is 3. The molecule has 0 aliphatic heterocycles. The van der Waals surface area contributed by atoms with Gasteiger partial charge in [0.25, 0.3) is 0 Å². The molecule has 1 heterocycles. The normalized spacial score (nSPS) is 9.73. The van der Waals surface area contributed by atoms with Crippen LogP contribution in [0.25, 0.3) is 11.0 Å². The van der Waals surface area contributed by atoms with E-state index in [1.54, 1.807) is 0 Å². The van der Waals surface area contributed by atoms with Gasteiger partial charge in [0.15, 0.2) is 0 Å². The fourth-order valence-electron chi connectivity index (χ4n) is 0.964. The van der Waals surface area contributed by atoms with Crippen LogP contribution in [-0.4, -0.2) is 15.0 Å². The van der Waals surface area contributed by atoms with Crippen LogP contribution in [0.15, 0.2) is 24.3 Å². The number of fused-ring (bicyclic) bond motifs is 1. The second kappa shape index (κ2) is 2.10. The fraction of sp³-hybridized carbons (Fsp3) is 0. The van der Waals surface area contributed by atoms with Crippen molar-refractivity contribution in [3.63, 3.8) is 0 Å². The van der Waals surface area contributed by atoms with Crippen molar-refractivity contribution >= 4 is 11.0 Å². The van der Waals surface area contributed by atoms with Crippen LogP contribution in [0.2, 0.25) is 0 Å². The summed E-state index contributed by atoms with van der Waals surface area (Å²) in [6.07, 6.45) is 5.17. The second-order valence-electron chi connectivity index (χ2n) is 2.12. The lowest BCUT2D eigenvalue weighted by molar-refractivity contribution is 0.849. The highest BCUT2D eigenvalue weighted by atomic mass is 15.4. The van der Waals surface area contributed by atoms with Crippen molar-refractivity contribution in [3.8, 4) is 12.5 Å². The van der Waals surface area contributed by atoms with Crippen molar-refractivity contribution < 1.29 is 0 Å². The predicted molar refractivity (Wildman–Crippen MR) is 41.8 cm³/mol. The molecule has 0 N–H and O–H groups in total. The molecule has 11 heavy (non-hydrogen) atoms.